The monoisotopic (exact) mass is 1190 g/mol. The predicted octanol–water partition coefficient (Wildman–Crippen LogP) is 6.49. The minimum absolute atomic E-state index is 0.0958. The average Bonchev–Trinajstić information content (AvgIpc) is 1.24. The summed E-state index contributed by atoms with van der Waals surface area (Å²) in [7, 11) is -12.0. The zero-order valence-corrected chi connectivity index (χ0v) is 51.4. The Kier molecular flexibility index (Phi) is 13.7. The number of aliphatic imine (C=N–C) groups is 2. The summed E-state index contributed by atoms with van der Waals surface area (Å²) in [5.74, 6) is 2.89. The first-order valence-electron chi connectivity index (χ1n) is 29.4. The van der Waals surface area contributed by atoms with Crippen molar-refractivity contribution in [3.63, 3.8) is 0 Å². The first-order valence-corrected chi connectivity index (χ1v) is 38.3. The second-order valence-corrected chi connectivity index (χ2v) is 38.3. The second kappa shape index (κ2) is 20.7. The van der Waals surface area contributed by atoms with Crippen molar-refractivity contribution in [3.05, 3.63) is 130 Å². The molecule has 84 heavy (non-hydrogen) atoms. The van der Waals surface area contributed by atoms with E-state index in [9.17, 15) is 27.4 Å². The molecule has 1 spiro atoms. The molecule has 1 unspecified atom stereocenters. The van der Waals surface area contributed by atoms with Crippen LogP contribution in [0.5, 0.6) is 0 Å². The number of nitrogens with zero attached hydrogens (tertiary/aromatic N) is 9. The van der Waals surface area contributed by atoms with Crippen LogP contribution in [-0.4, -0.2) is 153 Å². The van der Waals surface area contributed by atoms with Crippen molar-refractivity contribution < 1.29 is 54.9 Å². The van der Waals surface area contributed by atoms with E-state index in [1.807, 2.05) is 55.5 Å². The van der Waals surface area contributed by atoms with Crippen LogP contribution in [0, 0.1) is 0 Å². The molecule has 6 aromatic rings. The Balaban J connectivity index is 0.939. The molecule has 24 heteroatoms. The van der Waals surface area contributed by atoms with Crippen LogP contribution in [0.3, 0.4) is 0 Å². The fourth-order valence-corrected chi connectivity index (χ4v) is 36.3. The van der Waals surface area contributed by atoms with Gasteiger partial charge in [0.1, 0.15) is 0 Å². The van der Waals surface area contributed by atoms with Crippen molar-refractivity contribution in [2.75, 3.05) is 53.2 Å². The van der Waals surface area contributed by atoms with Gasteiger partial charge in [-0.2, -0.15) is 5.06 Å². The first kappa shape index (κ1) is 55.7. The molecule has 7 aliphatic heterocycles. The molecule has 0 saturated carbocycles. The van der Waals surface area contributed by atoms with Gasteiger partial charge in [-0.05, 0) is 13.3 Å². The number of benzene rings is 4. The van der Waals surface area contributed by atoms with E-state index in [4.69, 9.17) is 39.0 Å². The zero-order chi connectivity index (χ0) is 58.2. The van der Waals surface area contributed by atoms with E-state index < -0.39 is 30.4 Å². The molecule has 2 aromatic heterocycles. The number of methoxy groups -OCH3 is 1. The number of hydrogen-bond acceptors (Lipinski definition) is 14. The Labute approximate surface area is 487 Å². The average molecular weight is 1190 g/mol. The molecule has 1 saturated heterocycles. The summed E-state index contributed by atoms with van der Waals surface area (Å²) in [4.78, 5) is 80.4. The normalized spacial score (nSPS) is 19.2. The number of rotatable bonds is 26. The van der Waals surface area contributed by atoms with Crippen molar-refractivity contribution >= 4 is 105 Å². The Morgan fingerprint density at radius 3 is 1.63 bits per heavy atom. The van der Waals surface area contributed by atoms with Crippen LogP contribution in [0.2, 0.25) is 38.3 Å². The molecule has 21 nitrogen and oxygen atoms in total. The number of fused-ring (bicyclic) bond motifs is 12. The fourth-order valence-electron chi connectivity index (χ4n) is 14.1. The quantitative estimate of drug-likeness (QED) is 0.0445. The van der Waals surface area contributed by atoms with Gasteiger partial charge in [-0.25, -0.2) is 4.79 Å². The summed E-state index contributed by atoms with van der Waals surface area (Å²) >= 11 is 0. The van der Waals surface area contributed by atoms with Crippen molar-refractivity contribution in [2.24, 2.45) is 20.0 Å². The SMILES string of the molecule is COCCOCCOCC(=O)NCCC[Si](C)(C)O[Si-2]123(O[Si](C)(C)CCCNC(=O)CCCCC(=O)ON4C(=O)CCC4C)n4c5c6ccccc6c4N=C4c6ccccc6C(=[N+]41)N=c1c4ccccc4c(n12)=NC1=[N+]3C(=N5)c2ccccc21. The Morgan fingerprint density at radius 1 is 0.607 bits per heavy atom. The molecule has 0 aliphatic carbocycles. The number of amidine groups is 4. The van der Waals surface area contributed by atoms with Crippen molar-refractivity contribution in [1.82, 2.24) is 24.2 Å². The van der Waals surface area contributed by atoms with E-state index >= 15 is 0 Å². The van der Waals surface area contributed by atoms with Crippen molar-refractivity contribution in [1.29, 1.82) is 0 Å². The molecule has 9 heterocycles. The number of hydroxylamine groups is 2. The van der Waals surface area contributed by atoms with E-state index in [0.29, 0.717) is 129 Å². The number of amides is 3. The summed E-state index contributed by atoms with van der Waals surface area (Å²) in [6.45, 7) is 13.1. The molecule has 1 atom stereocenters. The van der Waals surface area contributed by atoms with E-state index in [1.54, 1.807) is 7.11 Å². The molecule has 3 amide bonds. The molecular formula is C60H71N11O10Si3. The van der Waals surface area contributed by atoms with Crippen molar-refractivity contribution in [2.45, 2.75) is 103 Å². The van der Waals surface area contributed by atoms with Gasteiger partial charge in [0.2, 0.25) is 0 Å². The first-order chi connectivity index (χ1) is 40.6. The maximum atomic E-state index is 13.6. The van der Waals surface area contributed by atoms with Gasteiger partial charge in [-0.1, -0.05) is 0 Å². The second-order valence-electron chi connectivity index (χ2n) is 24.0. The Hall–Kier alpha value is -7.43. The summed E-state index contributed by atoms with van der Waals surface area (Å²) in [5.41, 5.74) is 4.83. The van der Waals surface area contributed by atoms with E-state index in [1.165, 1.54) is 5.06 Å². The van der Waals surface area contributed by atoms with Gasteiger partial charge >= 0.3 is 414 Å². The molecule has 7 aliphatic rings. The van der Waals surface area contributed by atoms with Crippen LogP contribution in [0.1, 0.15) is 80.5 Å². The van der Waals surface area contributed by atoms with Gasteiger partial charge in [0.05, 0.1) is 19.3 Å². The maximum absolute atomic E-state index is 13.6. The van der Waals surface area contributed by atoms with E-state index in [2.05, 4.69) is 102 Å². The van der Waals surface area contributed by atoms with Gasteiger partial charge in [0.25, 0.3) is 5.91 Å². The molecule has 13 rings (SSSR count). The number of ether oxygens (including phenoxy) is 3. The third kappa shape index (κ3) is 8.22. The van der Waals surface area contributed by atoms with Gasteiger partial charge in [0, 0.05) is 13.5 Å². The van der Waals surface area contributed by atoms with E-state index in [-0.39, 0.29) is 49.8 Å². The number of nitrogens with one attached hydrogen (secondary N) is 2. The third-order valence-electron chi connectivity index (χ3n) is 17.4. The standard InChI is InChI=1S/C60H71N11O10Si3/c1-40-29-30-51(74)67(40)79-52(75)28-16-15-27-49(72)61-31-17-37-82(3,4)80-84(81-83(5,6)38-18-32-62-50(73)39-78-36-35-77-34-33-76-2)68-53-41-19-7-8-20-42(41)54(68)64-56-45-23-11-12-24-46(45)58(70(56)84)66-60-48-26-14-13-25-47(48)59(71(60)84)65-57-44-22-10-9-21-43(44)55(63-53)69(57)84/h7-14,19-26,40H,15-18,27-39H2,1-6H3,(H,61,72)(H,62,73). The van der Waals surface area contributed by atoms with Crippen LogP contribution in [0.15, 0.2) is 117 Å². The van der Waals surface area contributed by atoms with Gasteiger partial charge in [0.15, 0.2) is 0 Å². The molecule has 1 fully saturated rings. The summed E-state index contributed by atoms with van der Waals surface area (Å²) in [5, 5.41) is 11.0. The van der Waals surface area contributed by atoms with E-state index in [0.717, 1.165) is 43.8 Å². The molecule has 2 N–H and O–H groups in total. The topological polar surface area (TPSA) is 216 Å². The van der Waals surface area contributed by atoms with Crippen molar-refractivity contribution in [3.8, 4) is 0 Å². The number of carbonyl (C=O) groups is 4. The zero-order valence-electron chi connectivity index (χ0n) is 48.4. The molecular weight excluding hydrogens is 1120 g/mol. The van der Waals surface area contributed by atoms with Crippen LogP contribution >= 0.6 is 0 Å². The number of carbonyl (C=O) groups excluding carboxylic acids is 4. The van der Waals surface area contributed by atoms with Crippen LogP contribution in [0.25, 0.3) is 21.5 Å². The van der Waals surface area contributed by atoms with Gasteiger partial charge in [-0.3, -0.25) is 4.79 Å². The summed E-state index contributed by atoms with van der Waals surface area (Å²) in [6, 6.07) is 34.3. The third-order valence-corrected chi connectivity index (χ3v) is 34.0. The predicted molar refractivity (Wildman–Crippen MR) is 322 cm³/mol. The summed E-state index contributed by atoms with van der Waals surface area (Å²) in [6.07, 6.45) is 3.45. The van der Waals surface area contributed by atoms with Gasteiger partial charge in [-0.15, -0.1) is 0 Å². The molecule has 0 bridgehead atoms. The van der Waals surface area contributed by atoms with Crippen LogP contribution in [0.4, 0.5) is 11.6 Å². The Bertz CT molecular complexity index is 3920. The molecule has 4 aromatic carbocycles. The number of hydrogen-bond donors (Lipinski definition) is 2. The summed E-state index contributed by atoms with van der Waals surface area (Å²) < 4.78 is 43.9. The van der Waals surface area contributed by atoms with Crippen LogP contribution in [-0.2, 0) is 46.5 Å². The molecule has 438 valence electrons. The number of unbranched alkanes of at least 4 members (excludes halogenated alkanes) is 1. The molecule has 0 radical (unpaired) electrons. The van der Waals surface area contributed by atoms with Crippen LogP contribution < -0.4 is 21.6 Å². The number of aromatic nitrogens is 2. The van der Waals surface area contributed by atoms with Gasteiger partial charge < -0.3 is 9.57 Å². The fraction of sp³-hybridized carbons (Fsp3) is 0.400. The minimum atomic E-state index is -6.97. The Morgan fingerprint density at radius 2 is 1.10 bits per heavy atom.